The van der Waals surface area contributed by atoms with Gasteiger partial charge < -0.3 is 20.1 Å². The van der Waals surface area contributed by atoms with E-state index in [2.05, 4.69) is 5.32 Å². The van der Waals surface area contributed by atoms with Crippen molar-refractivity contribution in [2.75, 3.05) is 19.7 Å². The summed E-state index contributed by atoms with van der Waals surface area (Å²) in [5, 5.41) is 12.0. The van der Waals surface area contributed by atoms with E-state index in [1.807, 2.05) is 0 Å². The third-order valence-corrected chi connectivity index (χ3v) is 4.21. The van der Waals surface area contributed by atoms with Crippen molar-refractivity contribution in [3.8, 4) is 0 Å². The number of rotatable bonds is 4. The second-order valence-electron chi connectivity index (χ2n) is 6.96. The van der Waals surface area contributed by atoms with Crippen molar-refractivity contribution in [1.82, 2.24) is 10.2 Å². The van der Waals surface area contributed by atoms with Gasteiger partial charge in [-0.2, -0.15) is 0 Å². The van der Waals surface area contributed by atoms with Crippen LogP contribution in [0.3, 0.4) is 0 Å². The lowest BCUT2D eigenvalue weighted by Crippen LogP contribution is -2.51. The first-order valence-corrected chi connectivity index (χ1v) is 8.46. The number of nitrogens with zero attached hydrogens (tertiary/aromatic N) is 1. The molecule has 0 aromatic rings. The van der Waals surface area contributed by atoms with Crippen LogP contribution in [0.1, 0.15) is 46.0 Å². The summed E-state index contributed by atoms with van der Waals surface area (Å²) in [6.07, 6.45) is 5.35. The van der Waals surface area contributed by atoms with Crippen LogP contribution in [0.25, 0.3) is 0 Å². The van der Waals surface area contributed by atoms with Crippen molar-refractivity contribution < 1.29 is 24.2 Å². The molecule has 7 heteroatoms. The molecule has 0 aliphatic carbocycles. The van der Waals surface area contributed by atoms with Gasteiger partial charge in [0.2, 0.25) is 5.91 Å². The predicted octanol–water partition coefficient (Wildman–Crippen LogP) is 0.518. The van der Waals surface area contributed by atoms with Crippen molar-refractivity contribution in [1.29, 1.82) is 0 Å². The average molecular weight is 338 g/mol. The molecule has 2 aliphatic heterocycles. The lowest BCUT2D eigenvalue weighted by Gasteiger charge is -2.31. The molecule has 24 heavy (non-hydrogen) atoms. The smallest absolute Gasteiger partial charge is 0.287 e. The van der Waals surface area contributed by atoms with Gasteiger partial charge >= 0.3 is 0 Å². The number of nitrogens with one attached hydrogen (secondary N) is 1. The maximum absolute atomic E-state index is 12.5. The molecule has 0 aromatic carbocycles. The van der Waals surface area contributed by atoms with Gasteiger partial charge in [-0.15, -0.1) is 0 Å². The van der Waals surface area contributed by atoms with Crippen LogP contribution in [0.4, 0.5) is 0 Å². The van der Waals surface area contributed by atoms with E-state index in [9.17, 15) is 19.5 Å². The molecule has 1 atom stereocenters. The summed E-state index contributed by atoms with van der Waals surface area (Å²) < 4.78 is 5.52. The Kier molecular flexibility index (Phi) is 5.99. The van der Waals surface area contributed by atoms with Gasteiger partial charge in [-0.3, -0.25) is 14.4 Å². The number of amides is 2. The van der Waals surface area contributed by atoms with E-state index in [0.29, 0.717) is 13.1 Å². The standard InChI is InChI=1S/C17H26N2O5/c1-17(2)10-12(21)9-14(24-17)15(22)18-13(11-20)16(23)19-7-5-3-4-6-8-19/h9,13,20H,3-8,10-11H2,1-2H3,(H,18,22). The molecular weight excluding hydrogens is 312 g/mol. The monoisotopic (exact) mass is 338 g/mol. The molecule has 134 valence electrons. The summed E-state index contributed by atoms with van der Waals surface area (Å²) in [7, 11) is 0. The third-order valence-electron chi connectivity index (χ3n) is 4.21. The summed E-state index contributed by atoms with van der Waals surface area (Å²) in [6, 6.07) is -1.03. The minimum atomic E-state index is -1.03. The van der Waals surface area contributed by atoms with Gasteiger partial charge in [0, 0.05) is 25.6 Å². The predicted molar refractivity (Wildman–Crippen MR) is 86.9 cm³/mol. The molecule has 2 N–H and O–H groups in total. The van der Waals surface area contributed by atoms with Crippen LogP contribution in [0, 0.1) is 0 Å². The molecule has 7 nitrogen and oxygen atoms in total. The Hall–Kier alpha value is -1.89. The van der Waals surface area contributed by atoms with Gasteiger partial charge in [-0.1, -0.05) is 12.8 Å². The fraction of sp³-hybridized carbons (Fsp3) is 0.706. The summed E-state index contributed by atoms with van der Waals surface area (Å²) >= 11 is 0. The van der Waals surface area contributed by atoms with E-state index in [-0.39, 0.29) is 23.9 Å². The minimum Gasteiger partial charge on any atom is -0.482 e. The second-order valence-corrected chi connectivity index (χ2v) is 6.96. The fourth-order valence-corrected chi connectivity index (χ4v) is 3.02. The number of aliphatic hydroxyl groups is 1. The number of ether oxygens (including phenoxy) is 1. The molecule has 1 fully saturated rings. The summed E-state index contributed by atoms with van der Waals surface area (Å²) in [5.41, 5.74) is -0.762. The molecule has 0 spiro atoms. The summed E-state index contributed by atoms with van der Waals surface area (Å²) in [5.74, 6) is -1.26. The van der Waals surface area contributed by atoms with Crippen LogP contribution < -0.4 is 5.32 Å². The Morgan fingerprint density at radius 3 is 2.46 bits per heavy atom. The number of carbonyl (C=O) groups is 3. The van der Waals surface area contributed by atoms with Gasteiger partial charge in [-0.05, 0) is 26.7 Å². The Morgan fingerprint density at radius 2 is 1.92 bits per heavy atom. The number of likely N-dealkylation sites (tertiary alicyclic amines) is 1. The number of carbonyl (C=O) groups excluding carboxylic acids is 3. The van der Waals surface area contributed by atoms with E-state index < -0.39 is 24.2 Å². The second kappa shape index (κ2) is 7.79. The molecule has 0 bridgehead atoms. The lowest BCUT2D eigenvalue weighted by molar-refractivity contribution is -0.138. The number of hydrogen-bond acceptors (Lipinski definition) is 5. The zero-order valence-corrected chi connectivity index (χ0v) is 14.3. The van der Waals surface area contributed by atoms with E-state index in [1.165, 1.54) is 0 Å². The first-order chi connectivity index (χ1) is 11.3. The zero-order valence-electron chi connectivity index (χ0n) is 14.3. The molecule has 1 saturated heterocycles. The first-order valence-electron chi connectivity index (χ1n) is 8.46. The highest BCUT2D eigenvalue weighted by Crippen LogP contribution is 2.24. The lowest BCUT2D eigenvalue weighted by atomic mass is 9.98. The van der Waals surface area contributed by atoms with Crippen LogP contribution in [0.5, 0.6) is 0 Å². The fourth-order valence-electron chi connectivity index (χ4n) is 3.02. The minimum absolute atomic E-state index is 0.113. The SMILES string of the molecule is CC1(C)CC(=O)C=C(C(=O)NC(CO)C(=O)N2CCCCCC2)O1. The van der Waals surface area contributed by atoms with Crippen molar-refractivity contribution in [2.24, 2.45) is 0 Å². The van der Waals surface area contributed by atoms with Crippen molar-refractivity contribution in [3.63, 3.8) is 0 Å². The molecule has 2 amide bonds. The molecule has 2 rings (SSSR count). The van der Waals surface area contributed by atoms with Gasteiger partial charge in [-0.25, -0.2) is 0 Å². The topological polar surface area (TPSA) is 95.9 Å². The number of allylic oxidation sites excluding steroid dienone is 1. The van der Waals surface area contributed by atoms with E-state index in [4.69, 9.17) is 4.74 Å². The Balaban J connectivity index is 2.02. The number of ketones is 1. The Labute approximate surface area is 142 Å². The van der Waals surface area contributed by atoms with Crippen molar-refractivity contribution >= 4 is 17.6 Å². The third kappa shape index (κ3) is 4.80. The van der Waals surface area contributed by atoms with Gasteiger partial charge in [0.1, 0.15) is 11.6 Å². The molecular formula is C17H26N2O5. The largest absolute Gasteiger partial charge is 0.482 e. The maximum Gasteiger partial charge on any atom is 0.287 e. The normalized spacial score (nSPS) is 22.0. The van der Waals surface area contributed by atoms with Gasteiger partial charge in [0.15, 0.2) is 11.5 Å². The molecule has 2 heterocycles. The van der Waals surface area contributed by atoms with Crippen LogP contribution in [-0.2, 0) is 19.1 Å². The highest BCUT2D eigenvalue weighted by atomic mass is 16.5. The van der Waals surface area contributed by atoms with E-state index in [1.54, 1.807) is 18.7 Å². The van der Waals surface area contributed by atoms with Gasteiger partial charge in [0.25, 0.3) is 5.91 Å². The molecule has 0 aromatic heterocycles. The average Bonchev–Trinajstić information content (AvgIpc) is 2.78. The molecule has 2 aliphatic rings. The number of hydrogen-bond donors (Lipinski definition) is 2. The first kappa shape index (κ1) is 18.4. The zero-order chi connectivity index (χ0) is 17.7. The highest BCUT2D eigenvalue weighted by molar-refractivity contribution is 6.03. The molecule has 0 saturated carbocycles. The van der Waals surface area contributed by atoms with E-state index >= 15 is 0 Å². The molecule has 0 radical (unpaired) electrons. The molecule has 1 unspecified atom stereocenters. The number of aliphatic hydroxyl groups excluding tert-OH is 1. The van der Waals surface area contributed by atoms with Crippen molar-refractivity contribution in [2.45, 2.75) is 57.6 Å². The van der Waals surface area contributed by atoms with Crippen LogP contribution in [-0.4, -0.2) is 58.9 Å². The van der Waals surface area contributed by atoms with Crippen LogP contribution >= 0.6 is 0 Å². The van der Waals surface area contributed by atoms with E-state index in [0.717, 1.165) is 31.8 Å². The Morgan fingerprint density at radius 1 is 1.29 bits per heavy atom. The van der Waals surface area contributed by atoms with Crippen LogP contribution in [0.15, 0.2) is 11.8 Å². The summed E-state index contributed by atoms with van der Waals surface area (Å²) in [6.45, 7) is 4.21. The van der Waals surface area contributed by atoms with Crippen molar-refractivity contribution in [3.05, 3.63) is 11.8 Å². The Bertz CT molecular complexity index is 533. The van der Waals surface area contributed by atoms with Gasteiger partial charge in [0.05, 0.1) is 6.61 Å². The quantitative estimate of drug-likeness (QED) is 0.779. The maximum atomic E-state index is 12.5. The van der Waals surface area contributed by atoms with Crippen LogP contribution in [0.2, 0.25) is 0 Å². The highest BCUT2D eigenvalue weighted by Gasteiger charge is 2.34. The summed E-state index contributed by atoms with van der Waals surface area (Å²) in [4.78, 5) is 38.2.